The topological polar surface area (TPSA) is 101 Å². The standard InChI is InChI=1S/C20H17N5O2S2/c1-12-11-13(2)22-19(21-12)25-29(26,27)15-9-7-14(8-10-15)18-16-5-3-4-6-17(16)23-20(28)24-18/h3-11H,1-2H3,(H,21,22,25)(H,23,24,28). The van der Waals surface area contributed by atoms with E-state index >= 15 is 0 Å². The highest BCUT2D eigenvalue weighted by Gasteiger charge is 2.17. The zero-order valence-corrected chi connectivity index (χ0v) is 17.3. The van der Waals surface area contributed by atoms with Gasteiger partial charge < -0.3 is 4.98 Å². The summed E-state index contributed by atoms with van der Waals surface area (Å²) in [5.74, 6) is 0.0496. The summed E-state index contributed by atoms with van der Waals surface area (Å²) in [5.41, 5.74) is 3.70. The molecule has 7 nitrogen and oxygen atoms in total. The number of sulfonamides is 1. The van der Waals surface area contributed by atoms with Crippen LogP contribution in [0.5, 0.6) is 0 Å². The molecule has 29 heavy (non-hydrogen) atoms. The lowest BCUT2D eigenvalue weighted by atomic mass is 10.1. The SMILES string of the molecule is Cc1cc(C)nc(NS(=O)(=O)c2ccc(-c3nc(=S)[nH]c4ccccc34)cc2)n1. The van der Waals surface area contributed by atoms with Gasteiger partial charge in [0.25, 0.3) is 10.0 Å². The van der Waals surface area contributed by atoms with Gasteiger partial charge in [-0.15, -0.1) is 0 Å². The van der Waals surface area contributed by atoms with Gasteiger partial charge in [-0.05, 0) is 50.3 Å². The molecule has 2 N–H and O–H groups in total. The van der Waals surface area contributed by atoms with Crippen molar-refractivity contribution in [3.8, 4) is 11.3 Å². The van der Waals surface area contributed by atoms with Gasteiger partial charge in [0.05, 0.1) is 10.6 Å². The number of rotatable bonds is 4. The number of nitrogens with zero attached hydrogens (tertiary/aromatic N) is 3. The highest BCUT2D eigenvalue weighted by Crippen LogP contribution is 2.26. The lowest BCUT2D eigenvalue weighted by Gasteiger charge is -2.09. The lowest BCUT2D eigenvalue weighted by Crippen LogP contribution is -2.15. The number of aromatic nitrogens is 4. The van der Waals surface area contributed by atoms with Crippen LogP contribution in [0.15, 0.2) is 59.5 Å². The Morgan fingerprint density at radius 1 is 0.931 bits per heavy atom. The summed E-state index contributed by atoms with van der Waals surface area (Å²) in [7, 11) is -3.82. The normalized spacial score (nSPS) is 11.5. The Labute approximate surface area is 173 Å². The first kappa shape index (κ1) is 19.2. The summed E-state index contributed by atoms with van der Waals surface area (Å²) in [6, 6.07) is 15.9. The van der Waals surface area contributed by atoms with Gasteiger partial charge in [0.2, 0.25) is 5.95 Å². The average Bonchev–Trinajstić information content (AvgIpc) is 2.66. The van der Waals surface area contributed by atoms with E-state index in [0.717, 1.165) is 16.5 Å². The maximum absolute atomic E-state index is 12.7. The quantitative estimate of drug-likeness (QED) is 0.478. The van der Waals surface area contributed by atoms with Crippen molar-refractivity contribution in [3.05, 3.63) is 70.8 Å². The van der Waals surface area contributed by atoms with Gasteiger partial charge in [-0.2, -0.15) is 0 Å². The summed E-state index contributed by atoms with van der Waals surface area (Å²) in [6.45, 7) is 3.56. The fourth-order valence-corrected chi connectivity index (χ4v) is 4.21. The van der Waals surface area contributed by atoms with E-state index in [2.05, 4.69) is 24.7 Å². The zero-order chi connectivity index (χ0) is 20.6. The molecule has 0 atom stereocenters. The van der Waals surface area contributed by atoms with Crippen molar-refractivity contribution in [1.82, 2.24) is 19.9 Å². The van der Waals surface area contributed by atoms with Crippen LogP contribution in [-0.4, -0.2) is 28.4 Å². The van der Waals surface area contributed by atoms with E-state index < -0.39 is 10.0 Å². The summed E-state index contributed by atoms with van der Waals surface area (Å²) in [5, 5.41) is 0.901. The number of H-pyrrole nitrogens is 1. The molecule has 0 bridgehead atoms. The first-order chi connectivity index (χ1) is 13.8. The molecule has 4 aromatic rings. The molecule has 9 heteroatoms. The first-order valence-electron chi connectivity index (χ1n) is 8.76. The number of benzene rings is 2. The number of fused-ring (bicyclic) bond motifs is 1. The van der Waals surface area contributed by atoms with Crippen LogP contribution in [0.25, 0.3) is 22.2 Å². The summed E-state index contributed by atoms with van der Waals surface area (Å²) >= 11 is 5.22. The molecule has 0 aliphatic heterocycles. The van der Waals surface area contributed by atoms with Crippen LogP contribution in [0, 0.1) is 18.6 Å². The van der Waals surface area contributed by atoms with Gasteiger partial charge in [-0.3, -0.25) is 0 Å². The Kier molecular flexibility index (Phi) is 4.85. The molecular weight excluding hydrogens is 406 g/mol. The van der Waals surface area contributed by atoms with Gasteiger partial charge in [0, 0.05) is 27.9 Å². The Balaban J connectivity index is 1.70. The molecule has 0 unspecified atom stereocenters. The van der Waals surface area contributed by atoms with Gasteiger partial charge in [0.1, 0.15) is 0 Å². The molecular formula is C20H17N5O2S2. The third kappa shape index (κ3) is 4.01. The minimum Gasteiger partial charge on any atom is -0.330 e. The number of hydrogen-bond donors (Lipinski definition) is 2. The van der Waals surface area contributed by atoms with E-state index in [4.69, 9.17) is 12.2 Å². The van der Waals surface area contributed by atoms with E-state index in [9.17, 15) is 8.42 Å². The van der Waals surface area contributed by atoms with Crippen LogP contribution in [0.4, 0.5) is 5.95 Å². The van der Waals surface area contributed by atoms with Gasteiger partial charge in [-0.1, -0.05) is 30.3 Å². The Hall–Kier alpha value is -3.17. The van der Waals surface area contributed by atoms with E-state index in [1.165, 1.54) is 12.1 Å². The lowest BCUT2D eigenvalue weighted by molar-refractivity contribution is 0.601. The minimum absolute atomic E-state index is 0.0496. The molecule has 0 saturated carbocycles. The van der Waals surface area contributed by atoms with Crippen molar-refractivity contribution < 1.29 is 8.42 Å². The Bertz CT molecular complexity index is 1360. The molecule has 0 fully saturated rings. The largest absolute Gasteiger partial charge is 0.330 e. The van der Waals surface area contributed by atoms with Crippen LogP contribution in [0.2, 0.25) is 0 Å². The molecule has 146 valence electrons. The summed E-state index contributed by atoms with van der Waals surface area (Å²) in [4.78, 5) is 15.8. The first-order valence-corrected chi connectivity index (χ1v) is 10.7. The van der Waals surface area contributed by atoms with Gasteiger partial charge in [0.15, 0.2) is 4.77 Å². The third-order valence-corrected chi connectivity index (χ3v) is 5.82. The number of aryl methyl sites for hydroxylation is 2. The predicted molar refractivity (Wildman–Crippen MR) is 115 cm³/mol. The fourth-order valence-electron chi connectivity index (χ4n) is 3.07. The van der Waals surface area contributed by atoms with Crippen molar-refractivity contribution in [1.29, 1.82) is 0 Å². The van der Waals surface area contributed by atoms with E-state index in [1.54, 1.807) is 32.0 Å². The molecule has 4 rings (SSSR count). The van der Waals surface area contributed by atoms with Crippen molar-refractivity contribution in [2.45, 2.75) is 18.7 Å². The van der Waals surface area contributed by atoms with Crippen LogP contribution in [0.3, 0.4) is 0 Å². The molecule has 0 aliphatic carbocycles. The Morgan fingerprint density at radius 3 is 2.28 bits per heavy atom. The van der Waals surface area contributed by atoms with Crippen molar-refractivity contribution in [2.75, 3.05) is 4.72 Å². The van der Waals surface area contributed by atoms with Crippen LogP contribution in [-0.2, 0) is 10.0 Å². The van der Waals surface area contributed by atoms with E-state index in [1.807, 2.05) is 24.3 Å². The summed E-state index contributed by atoms with van der Waals surface area (Å²) < 4.78 is 28.2. The molecule has 2 heterocycles. The smallest absolute Gasteiger partial charge is 0.264 e. The van der Waals surface area contributed by atoms with Crippen LogP contribution in [0.1, 0.15) is 11.4 Å². The van der Waals surface area contributed by atoms with Crippen LogP contribution < -0.4 is 4.72 Å². The molecule has 0 aliphatic rings. The maximum Gasteiger partial charge on any atom is 0.264 e. The molecule has 2 aromatic heterocycles. The molecule has 0 amide bonds. The van der Waals surface area contributed by atoms with Crippen molar-refractivity contribution in [2.24, 2.45) is 0 Å². The number of nitrogens with one attached hydrogen (secondary N) is 2. The van der Waals surface area contributed by atoms with Crippen molar-refractivity contribution >= 4 is 39.1 Å². The van der Waals surface area contributed by atoms with E-state index in [0.29, 0.717) is 21.9 Å². The second-order valence-corrected chi connectivity index (χ2v) is 8.61. The third-order valence-electron chi connectivity index (χ3n) is 4.28. The van der Waals surface area contributed by atoms with Crippen LogP contribution >= 0.6 is 12.2 Å². The molecule has 0 radical (unpaired) electrons. The van der Waals surface area contributed by atoms with Gasteiger partial charge >= 0.3 is 0 Å². The highest BCUT2D eigenvalue weighted by atomic mass is 32.2. The second-order valence-electron chi connectivity index (χ2n) is 6.54. The number of anilines is 1. The highest BCUT2D eigenvalue weighted by molar-refractivity contribution is 7.92. The van der Waals surface area contributed by atoms with Crippen molar-refractivity contribution in [3.63, 3.8) is 0 Å². The number of hydrogen-bond acceptors (Lipinski definition) is 6. The number of para-hydroxylation sites is 1. The average molecular weight is 424 g/mol. The molecule has 0 spiro atoms. The number of aromatic amines is 1. The van der Waals surface area contributed by atoms with Gasteiger partial charge in [-0.25, -0.2) is 28.1 Å². The molecule has 0 saturated heterocycles. The Morgan fingerprint density at radius 2 is 1.59 bits per heavy atom. The maximum atomic E-state index is 12.7. The molecule has 2 aromatic carbocycles. The fraction of sp³-hybridized carbons (Fsp3) is 0.100. The second kappa shape index (κ2) is 7.34. The van der Waals surface area contributed by atoms with E-state index in [-0.39, 0.29) is 10.8 Å². The minimum atomic E-state index is -3.82. The predicted octanol–water partition coefficient (Wildman–Crippen LogP) is 4.17. The monoisotopic (exact) mass is 423 g/mol. The zero-order valence-electron chi connectivity index (χ0n) is 15.7. The summed E-state index contributed by atoms with van der Waals surface area (Å²) in [6.07, 6.45) is 0.